The molecule has 0 amide bonds. The third kappa shape index (κ3) is 4.07. The molecule has 0 N–H and O–H groups in total. The van der Waals surface area contributed by atoms with Gasteiger partial charge in [0.2, 0.25) is 0 Å². The van der Waals surface area contributed by atoms with Crippen molar-refractivity contribution in [1.82, 2.24) is 0 Å². The summed E-state index contributed by atoms with van der Waals surface area (Å²) in [5.41, 5.74) is 0.991. The van der Waals surface area contributed by atoms with Gasteiger partial charge in [-0.3, -0.25) is 4.28 Å². The minimum atomic E-state index is -3.84. The maximum atomic E-state index is 11.7. The van der Waals surface area contributed by atoms with Crippen LogP contribution in [-0.4, -0.2) is 14.6 Å². The molecular weight excluding hydrogens is 274 g/mol. The lowest BCUT2D eigenvalue weighted by Gasteiger charge is -1.99. The van der Waals surface area contributed by atoms with E-state index >= 15 is 0 Å². The summed E-state index contributed by atoms with van der Waals surface area (Å²) in [5.74, 6) is 0. The smallest absolute Gasteiger partial charge is 0.265 e. The normalized spacial score (nSPS) is 12.0. The van der Waals surface area contributed by atoms with E-state index in [9.17, 15) is 8.42 Å². The van der Waals surface area contributed by atoms with Crippen LogP contribution < -0.4 is 0 Å². The summed E-state index contributed by atoms with van der Waals surface area (Å²) in [4.78, 5) is 0.0733. The molecule has 20 heavy (non-hydrogen) atoms. The predicted octanol–water partition coefficient (Wildman–Crippen LogP) is 3.09. The Labute approximate surface area is 118 Å². The summed E-state index contributed by atoms with van der Waals surface area (Å²) in [6, 6.07) is 17.4. The molecule has 0 aliphatic heterocycles. The summed E-state index contributed by atoms with van der Waals surface area (Å²) in [5, 5.41) is 3.43. The molecule has 0 aliphatic rings. The molecular formula is C15H13NO3S. The van der Waals surface area contributed by atoms with Crippen LogP contribution in [0, 0.1) is 0 Å². The Kier molecular flexibility index (Phi) is 4.68. The van der Waals surface area contributed by atoms with E-state index < -0.39 is 10.1 Å². The Morgan fingerprint density at radius 3 is 2.15 bits per heavy atom. The number of hydrogen-bond acceptors (Lipinski definition) is 4. The second kappa shape index (κ2) is 6.68. The Hall–Kier alpha value is -2.40. The second-order valence-corrected chi connectivity index (χ2v) is 5.39. The van der Waals surface area contributed by atoms with E-state index in [0.717, 1.165) is 5.56 Å². The zero-order chi connectivity index (χ0) is 14.3. The van der Waals surface area contributed by atoms with Crippen LogP contribution >= 0.6 is 0 Å². The molecule has 0 unspecified atom stereocenters. The molecule has 0 bridgehead atoms. The molecule has 102 valence electrons. The molecule has 0 aromatic heterocycles. The van der Waals surface area contributed by atoms with E-state index in [1.54, 1.807) is 30.4 Å². The zero-order valence-corrected chi connectivity index (χ0v) is 11.4. The molecule has 0 heterocycles. The Bertz CT molecular complexity index is 692. The van der Waals surface area contributed by atoms with Crippen molar-refractivity contribution in [2.24, 2.45) is 5.16 Å². The zero-order valence-electron chi connectivity index (χ0n) is 10.6. The van der Waals surface area contributed by atoms with Crippen molar-refractivity contribution < 1.29 is 12.7 Å². The standard InChI is InChI=1S/C15H13NO3S/c17-20(18,15-11-5-2-6-12-15)19-16-13-7-10-14-8-3-1-4-9-14/h1-13H/b10-7+,16-13+. The Morgan fingerprint density at radius 1 is 0.900 bits per heavy atom. The first-order valence-electron chi connectivity index (χ1n) is 5.92. The fraction of sp³-hybridized carbons (Fsp3) is 0. The minimum Gasteiger partial charge on any atom is -0.265 e. The van der Waals surface area contributed by atoms with Crippen molar-refractivity contribution >= 4 is 22.4 Å². The first kappa shape index (κ1) is 14.0. The topological polar surface area (TPSA) is 55.7 Å². The highest BCUT2D eigenvalue weighted by Crippen LogP contribution is 2.11. The van der Waals surface area contributed by atoms with Gasteiger partial charge in [-0.05, 0) is 23.8 Å². The number of hydrogen-bond donors (Lipinski definition) is 0. The molecule has 5 heteroatoms. The molecule has 0 radical (unpaired) electrons. The van der Waals surface area contributed by atoms with Crippen molar-refractivity contribution in [3.8, 4) is 0 Å². The van der Waals surface area contributed by atoms with Gasteiger partial charge in [0, 0.05) is 0 Å². The molecule has 0 spiro atoms. The predicted molar refractivity (Wildman–Crippen MR) is 78.7 cm³/mol. The second-order valence-electron chi connectivity index (χ2n) is 3.87. The van der Waals surface area contributed by atoms with E-state index in [2.05, 4.69) is 9.44 Å². The number of nitrogens with zero attached hydrogens (tertiary/aromatic N) is 1. The van der Waals surface area contributed by atoms with E-state index in [0.29, 0.717) is 0 Å². The summed E-state index contributed by atoms with van der Waals surface area (Å²) in [6.07, 6.45) is 4.69. The van der Waals surface area contributed by atoms with E-state index in [4.69, 9.17) is 0 Å². The SMILES string of the molecule is O=S(=O)(O/N=C/C=C/c1ccccc1)c1ccccc1. The van der Waals surface area contributed by atoms with Crippen LogP contribution in [0.2, 0.25) is 0 Å². The molecule has 0 atom stereocenters. The maximum Gasteiger partial charge on any atom is 0.358 e. The van der Waals surface area contributed by atoms with Crippen LogP contribution in [-0.2, 0) is 14.4 Å². The van der Waals surface area contributed by atoms with Crippen LogP contribution in [0.25, 0.3) is 6.08 Å². The molecule has 0 saturated carbocycles. The first-order valence-corrected chi connectivity index (χ1v) is 7.33. The van der Waals surface area contributed by atoms with Crippen molar-refractivity contribution in [3.05, 3.63) is 72.3 Å². The van der Waals surface area contributed by atoms with Crippen LogP contribution in [0.3, 0.4) is 0 Å². The number of allylic oxidation sites excluding steroid dienone is 1. The first-order chi connectivity index (χ1) is 9.68. The molecule has 4 nitrogen and oxygen atoms in total. The monoisotopic (exact) mass is 287 g/mol. The largest absolute Gasteiger partial charge is 0.358 e. The molecule has 0 saturated heterocycles. The summed E-state index contributed by atoms with van der Waals surface area (Å²) < 4.78 is 28.0. The minimum absolute atomic E-state index is 0.0733. The van der Waals surface area contributed by atoms with Gasteiger partial charge in [0.1, 0.15) is 4.90 Å². The van der Waals surface area contributed by atoms with Gasteiger partial charge in [0.05, 0.1) is 6.21 Å². The van der Waals surface area contributed by atoms with Gasteiger partial charge >= 0.3 is 10.1 Å². The summed E-state index contributed by atoms with van der Waals surface area (Å²) in [6.45, 7) is 0. The fourth-order valence-electron chi connectivity index (χ4n) is 1.47. The van der Waals surface area contributed by atoms with E-state index in [1.807, 2.05) is 30.3 Å². The van der Waals surface area contributed by atoms with Gasteiger partial charge in [0.25, 0.3) is 0 Å². The molecule has 0 aliphatic carbocycles. The van der Waals surface area contributed by atoms with Crippen LogP contribution in [0.5, 0.6) is 0 Å². The van der Waals surface area contributed by atoms with Crippen LogP contribution in [0.1, 0.15) is 5.56 Å². The highest BCUT2D eigenvalue weighted by molar-refractivity contribution is 7.86. The van der Waals surface area contributed by atoms with Gasteiger partial charge in [-0.2, -0.15) is 8.42 Å². The highest BCUT2D eigenvalue weighted by Gasteiger charge is 2.13. The molecule has 2 rings (SSSR count). The third-order valence-corrected chi connectivity index (χ3v) is 3.54. The van der Waals surface area contributed by atoms with Gasteiger partial charge in [0.15, 0.2) is 0 Å². The maximum absolute atomic E-state index is 11.7. The van der Waals surface area contributed by atoms with Crippen molar-refractivity contribution in [2.75, 3.05) is 0 Å². The molecule has 0 fully saturated rings. The number of benzene rings is 2. The van der Waals surface area contributed by atoms with Gasteiger partial charge in [-0.15, -0.1) is 0 Å². The average molecular weight is 287 g/mol. The van der Waals surface area contributed by atoms with Crippen LogP contribution in [0.4, 0.5) is 0 Å². The van der Waals surface area contributed by atoms with Crippen molar-refractivity contribution in [1.29, 1.82) is 0 Å². The van der Waals surface area contributed by atoms with Gasteiger partial charge < -0.3 is 0 Å². The third-order valence-electron chi connectivity index (χ3n) is 2.41. The average Bonchev–Trinajstić information content (AvgIpc) is 2.49. The van der Waals surface area contributed by atoms with E-state index in [-0.39, 0.29) is 4.90 Å². The Morgan fingerprint density at radius 2 is 1.50 bits per heavy atom. The number of oxime groups is 1. The van der Waals surface area contributed by atoms with Crippen molar-refractivity contribution in [2.45, 2.75) is 4.90 Å². The summed E-state index contributed by atoms with van der Waals surface area (Å²) in [7, 11) is -3.84. The van der Waals surface area contributed by atoms with Gasteiger partial charge in [-0.1, -0.05) is 59.8 Å². The van der Waals surface area contributed by atoms with Crippen LogP contribution in [0.15, 0.2) is 76.8 Å². The Balaban J connectivity index is 1.95. The molecule has 2 aromatic carbocycles. The lowest BCUT2D eigenvalue weighted by molar-refractivity contribution is 0.341. The molecule has 2 aromatic rings. The lowest BCUT2D eigenvalue weighted by atomic mass is 10.2. The quantitative estimate of drug-likeness (QED) is 0.627. The highest BCUT2D eigenvalue weighted by atomic mass is 32.2. The lowest BCUT2D eigenvalue weighted by Crippen LogP contribution is -2.01. The number of rotatable bonds is 5. The van der Waals surface area contributed by atoms with Gasteiger partial charge in [-0.25, -0.2) is 0 Å². The fourth-order valence-corrected chi connectivity index (χ4v) is 2.20. The van der Waals surface area contributed by atoms with Crippen molar-refractivity contribution in [3.63, 3.8) is 0 Å². The van der Waals surface area contributed by atoms with E-state index in [1.165, 1.54) is 18.3 Å². The summed E-state index contributed by atoms with van der Waals surface area (Å²) >= 11 is 0.